The Balaban J connectivity index is 2.62. The Morgan fingerprint density at radius 3 is 2.11 bits per heavy atom. The molecule has 1 aromatic rings. The van der Waals surface area contributed by atoms with Gasteiger partial charge in [-0.1, -0.05) is 17.7 Å². The Bertz CT molecular complexity index is 797. The van der Waals surface area contributed by atoms with Crippen LogP contribution >= 0.6 is 11.6 Å². The number of ether oxygens (including phenoxy) is 2. The van der Waals surface area contributed by atoms with Crippen molar-refractivity contribution in [1.29, 1.82) is 0 Å². The fourth-order valence-electron chi connectivity index (χ4n) is 2.77. The van der Waals surface area contributed by atoms with Crippen LogP contribution in [-0.2, 0) is 19.1 Å². The van der Waals surface area contributed by atoms with Crippen LogP contribution in [0, 0.1) is 10.1 Å². The Labute approximate surface area is 161 Å². The highest BCUT2D eigenvalue weighted by Gasteiger charge is 2.36. The van der Waals surface area contributed by atoms with Crippen LogP contribution in [-0.4, -0.2) is 42.0 Å². The molecule has 0 spiro atoms. The third-order valence-electron chi connectivity index (χ3n) is 3.83. The van der Waals surface area contributed by atoms with Gasteiger partial charge >= 0.3 is 11.9 Å². The Kier molecular flexibility index (Phi) is 6.57. The number of hydrogen-bond donors (Lipinski definition) is 0. The maximum absolute atomic E-state index is 12.5. The molecule has 0 saturated heterocycles. The van der Waals surface area contributed by atoms with Gasteiger partial charge in [0.05, 0.1) is 35.2 Å². The molecule has 0 bridgehead atoms. The van der Waals surface area contributed by atoms with E-state index >= 15 is 0 Å². The van der Waals surface area contributed by atoms with E-state index in [2.05, 4.69) is 0 Å². The van der Waals surface area contributed by atoms with E-state index in [0.29, 0.717) is 5.56 Å². The lowest BCUT2D eigenvalue weighted by molar-refractivity contribution is -0.384. The third-order valence-corrected chi connectivity index (χ3v) is 4.15. The van der Waals surface area contributed by atoms with E-state index in [1.54, 1.807) is 25.8 Å². The maximum atomic E-state index is 12.5. The summed E-state index contributed by atoms with van der Waals surface area (Å²) < 4.78 is 10.2. The lowest BCUT2D eigenvalue weighted by Gasteiger charge is -2.28. The van der Waals surface area contributed by atoms with Crippen molar-refractivity contribution in [3.8, 4) is 0 Å². The van der Waals surface area contributed by atoms with Crippen LogP contribution in [0.5, 0.6) is 0 Å². The number of benzene rings is 1. The minimum Gasteiger partial charge on any atom is -0.463 e. The van der Waals surface area contributed by atoms with E-state index in [0.717, 1.165) is 0 Å². The van der Waals surface area contributed by atoms with Gasteiger partial charge in [0, 0.05) is 25.5 Å². The van der Waals surface area contributed by atoms with Gasteiger partial charge in [-0.05, 0) is 25.5 Å². The van der Waals surface area contributed by atoms with Gasteiger partial charge in [0.25, 0.3) is 5.69 Å². The van der Waals surface area contributed by atoms with Gasteiger partial charge in [0.2, 0.25) is 0 Å². The van der Waals surface area contributed by atoms with E-state index in [1.165, 1.54) is 30.6 Å². The zero-order valence-electron chi connectivity index (χ0n) is 15.1. The zero-order chi connectivity index (χ0) is 20.1. The first kappa shape index (κ1) is 20.4. The quantitative estimate of drug-likeness (QED) is 0.415. The molecule has 0 fully saturated rings. The predicted octanol–water partition coefficient (Wildman–Crippen LogP) is 3.17. The van der Waals surface area contributed by atoms with E-state index in [-0.39, 0.29) is 35.1 Å². The highest BCUT2D eigenvalue weighted by Crippen LogP contribution is 2.39. The van der Waals surface area contributed by atoms with Gasteiger partial charge in [-0.25, -0.2) is 9.59 Å². The summed E-state index contributed by atoms with van der Waals surface area (Å²) in [5.41, 5.74) is 0.375. The van der Waals surface area contributed by atoms with Crippen LogP contribution in [0.1, 0.15) is 25.3 Å². The van der Waals surface area contributed by atoms with Crippen molar-refractivity contribution >= 4 is 29.2 Å². The van der Waals surface area contributed by atoms with Crippen molar-refractivity contribution in [3.63, 3.8) is 0 Å². The molecule has 8 nitrogen and oxygen atoms in total. The molecule has 0 amide bonds. The fourth-order valence-corrected chi connectivity index (χ4v) is 2.96. The van der Waals surface area contributed by atoms with Crippen molar-refractivity contribution in [2.45, 2.75) is 19.8 Å². The first-order valence-corrected chi connectivity index (χ1v) is 8.61. The summed E-state index contributed by atoms with van der Waals surface area (Å²) in [5, 5.41) is 11.2. The average molecular weight is 395 g/mol. The summed E-state index contributed by atoms with van der Waals surface area (Å²) in [7, 11) is 1.65. The molecule has 0 atom stereocenters. The zero-order valence-corrected chi connectivity index (χ0v) is 15.9. The number of esters is 2. The molecule has 1 aliphatic rings. The number of carbonyl (C=O) groups is 2. The molecule has 1 aliphatic heterocycles. The second kappa shape index (κ2) is 8.68. The normalized spacial score (nSPS) is 14.3. The predicted molar refractivity (Wildman–Crippen MR) is 98.0 cm³/mol. The fraction of sp³-hybridized carbons (Fsp3) is 0.333. The summed E-state index contributed by atoms with van der Waals surface area (Å²) in [4.78, 5) is 37.1. The minimum atomic E-state index is -0.879. The molecule has 27 heavy (non-hydrogen) atoms. The largest absolute Gasteiger partial charge is 0.463 e. The van der Waals surface area contributed by atoms with E-state index < -0.39 is 22.8 Å². The number of halogens is 1. The molecular formula is C18H19ClN2O6. The number of nitro benzene ring substituents is 1. The molecule has 0 saturated carbocycles. The summed E-state index contributed by atoms with van der Waals surface area (Å²) in [5.74, 6) is -2.13. The van der Waals surface area contributed by atoms with Gasteiger partial charge in [-0.2, -0.15) is 0 Å². The number of rotatable bonds is 6. The SMILES string of the molecule is CCOC(=O)C1=CN(C)C=C(C(=O)OCC)C1c1ccc(Cl)c([N+](=O)[O-])c1. The van der Waals surface area contributed by atoms with Crippen molar-refractivity contribution in [3.05, 3.63) is 62.4 Å². The number of nitrogens with zero attached hydrogens (tertiary/aromatic N) is 2. The molecule has 0 unspecified atom stereocenters. The van der Waals surface area contributed by atoms with Crippen molar-refractivity contribution in [1.82, 2.24) is 4.90 Å². The molecule has 0 aliphatic carbocycles. The minimum absolute atomic E-state index is 0.0417. The van der Waals surface area contributed by atoms with Crippen LogP contribution in [0.2, 0.25) is 5.02 Å². The Hall–Kier alpha value is -2.87. The average Bonchev–Trinajstić information content (AvgIpc) is 2.61. The number of hydrogen-bond acceptors (Lipinski definition) is 7. The summed E-state index contributed by atoms with van der Waals surface area (Å²) >= 11 is 5.89. The first-order valence-electron chi connectivity index (χ1n) is 8.23. The smallest absolute Gasteiger partial charge is 0.336 e. The van der Waals surface area contributed by atoms with Crippen LogP contribution in [0.25, 0.3) is 0 Å². The van der Waals surface area contributed by atoms with E-state index in [1.807, 2.05) is 0 Å². The van der Waals surface area contributed by atoms with Crippen LogP contribution in [0.15, 0.2) is 41.7 Å². The highest BCUT2D eigenvalue weighted by molar-refractivity contribution is 6.32. The van der Waals surface area contributed by atoms with Crippen molar-refractivity contribution in [2.75, 3.05) is 20.3 Å². The molecule has 2 rings (SSSR count). The summed E-state index contributed by atoms with van der Waals surface area (Å²) in [6.45, 7) is 3.61. The van der Waals surface area contributed by atoms with Crippen LogP contribution in [0.3, 0.4) is 0 Å². The topological polar surface area (TPSA) is 99.0 Å². The third kappa shape index (κ3) is 4.46. The highest BCUT2D eigenvalue weighted by atomic mass is 35.5. The molecule has 0 radical (unpaired) electrons. The first-order chi connectivity index (χ1) is 12.8. The lowest BCUT2D eigenvalue weighted by Crippen LogP contribution is -2.28. The molecular weight excluding hydrogens is 376 g/mol. The monoisotopic (exact) mass is 394 g/mol. The Morgan fingerprint density at radius 1 is 1.15 bits per heavy atom. The Morgan fingerprint density at radius 2 is 1.67 bits per heavy atom. The number of nitro groups is 1. The second-order valence-corrected chi connectivity index (χ2v) is 6.08. The molecule has 1 aromatic carbocycles. The summed E-state index contributed by atoms with van der Waals surface area (Å²) in [6.07, 6.45) is 3.04. The van der Waals surface area contributed by atoms with E-state index in [4.69, 9.17) is 21.1 Å². The van der Waals surface area contributed by atoms with Crippen molar-refractivity contribution in [2.24, 2.45) is 0 Å². The van der Waals surface area contributed by atoms with Gasteiger partial charge in [-0.3, -0.25) is 10.1 Å². The second-order valence-electron chi connectivity index (χ2n) is 5.68. The maximum Gasteiger partial charge on any atom is 0.336 e. The van der Waals surface area contributed by atoms with Gasteiger partial charge in [0.15, 0.2) is 0 Å². The van der Waals surface area contributed by atoms with Gasteiger partial charge in [-0.15, -0.1) is 0 Å². The molecule has 9 heteroatoms. The summed E-state index contributed by atoms with van der Waals surface area (Å²) in [6, 6.07) is 4.14. The van der Waals surface area contributed by atoms with Crippen LogP contribution in [0.4, 0.5) is 5.69 Å². The lowest BCUT2D eigenvalue weighted by atomic mass is 9.83. The molecule has 0 aromatic heterocycles. The standard InChI is InChI=1S/C18H19ClN2O6/c1-4-26-17(22)12-9-20(3)10-13(18(23)27-5-2)16(12)11-6-7-14(19)15(8-11)21(24)25/h6-10,16H,4-5H2,1-3H3. The number of carbonyl (C=O) groups excluding carboxylic acids is 2. The molecule has 0 N–H and O–H groups in total. The van der Waals surface area contributed by atoms with Crippen molar-refractivity contribution < 1.29 is 24.0 Å². The van der Waals surface area contributed by atoms with Crippen LogP contribution < -0.4 is 0 Å². The molecule has 1 heterocycles. The molecule has 144 valence electrons. The van der Waals surface area contributed by atoms with Gasteiger partial charge in [0.1, 0.15) is 5.02 Å². The van der Waals surface area contributed by atoms with Gasteiger partial charge < -0.3 is 14.4 Å². The van der Waals surface area contributed by atoms with E-state index in [9.17, 15) is 19.7 Å².